The van der Waals surface area contributed by atoms with Crippen molar-refractivity contribution >= 4 is 5.97 Å². The molecule has 0 saturated carbocycles. The maximum atomic E-state index is 12.3. The number of piperidine rings is 1. The fourth-order valence-corrected chi connectivity index (χ4v) is 3.28. The van der Waals surface area contributed by atoms with Gasteiger partial charge in [0.05, 0.1) is 18.1 Å². The summed E-state index contributed by atoms with van der Waals surface area (Å²) in [5.41, 5.74) is -0.411. The summed E-state index contributed by atoms with van der Waals surface area (Å²) in [7, 11) is 0. The van der Waals surface area contributed by atoms with Crippen molar-refractivity contribution in [1.82, 2.24) is 10.2 Å². The van der Waals surface area contributed by atoms with Crippen molar-refractivity contribution in [2.45, 2.75) is 64.9 Å². The number of ether oxygens (including phenoxy) is 2. The Bertz CT molecular complexity index is 357. The third kappa shape index (κ3) is 4.94. The lowest BCUT2D eigenvalue weighted by molar-refractivity contribution is -0.161. The molecule has 0 aliphatic carbocycles. The van der Waals surface area contributed by atoms with Crippen LogP contribution in [0.3, 0.4) is 0 Å². The Labute approximate surface area is 128 Å². The molecule has 2 heterocycles. The quantitative estimate of drug-likeness (QED) is 0.781. The molecule has 0 aromatic heterocycles. The van der Waals surface area contributed by atoms with E-state index in [4.69, 9.17) is 9.47 Å². The fraction of sp³-hybridized carbons (Fsp3) is 0.938. The van der Waals surface area contributed by atoms with Crippen molar-refractivity contribution in [3.8, 4) is 0 Å². The molecule has 2 rings (SSSR count). The fourth-order valence-electron chi connectivity index (χ4n) is 3.28. The van der Waals surface area contributed by atoms with Gasteiger partial charge in [-0.3, -0.25) is 9.69 Å². The summed E-state index contributed by atoms with van der Waals surface area (Å²) < 4.78 is 11.3. The van der Waals surface area contributed by atoms with Crippen molar-refractivity contribution < 1.29 is 14.3 Å². The Balaban J connectivity index is 1.92. The summed E-state index contributed by atoms with van der Waals surface area (Å²) in [6, 6.07) is 0.394. The van der Waals surface area contributed by atoms with Gasteiger partial charge in [0.15, 0.2) is 0 Å². The zero-order chi connectivity index (χ0) is 15.6. The summed E-state index contributed by atoms with van der Waals surface area (Å²) in [6.07, 6.45) is 1.40. The van der Waals surface area contributed by atoms with E-state index in [0.29, 0.717) is 6.04 Å². The van der Waals surface area contributed by atoms with Gasteiger partial charge in [0, 0.05) is 32.2 Å². The van der Waals surface area contributed by atoms with Crippen LogP contribution in [-0.4, -0.2) is 60.9 Å². The number of hydrogen-bond acceptors (Lipinski definition) is 5. The summed E-state index contributed by atoms with van der Waals surface area (Å²) in [5, 5.41) is 3.40. The molecule has 5 heteroatoms. The van der Waals surface area contributed by atoms with E-state index in [0.717, 1.165) is 32.6 Å². The molecule has 2 saturated heterocycles. The lowest BCUT2D eigenvalue weighted by Gasteiger charge is -2.43. The van der Waals surface area contributed by atoms with Crippen LogP contribution >= 0.6 is 0 Å². The molecule has 122 valence electrons. The first kappa shape index (κ1) is 16.7. The van der Waals surface area contributed by atoms with Crippen molar-refractivity contribution in [2.75, 3.05) is 26.2 Å². The molecule has 0 amide bonds. The van der Waals surface area contributed by atoms with Gasteiger partial charge >= 0.3 is 5.97 Å². The summed E-state index contributed by atoms with van der Waals surface area (Å²) in [4.78, 5) is 14.7. The Morgan fingerprint density at radius 1 is 1.19 bits per heavy atom. The number of hydrogen-bond donors (Lipinski definition) is 1. The summed E-state index contributed by atoms with van der Waals surface area (Å²) >= 11 is 0. The molecule has 0 spiro atoms. The molecule has 0 bridgehead atoms. The predicted octanol–water partition coefficient (Wildman–Crippen LogP) is 1.42. The Hall–Kier alpha value is -0.650. The van der Waals surface area contributed by atoms with Gasteiger partial charge in [-0.05, 0) is 41.0 Å². The molecule has 0 aromatic rings. The molecule has 2 fully saturated rings. The summed E-state index contributed by atoms with van der Waals surface area (Å²) in [6.45, 7) is 13.5. The third-order valence-corrected chi connectivity index (χ3v) is 4.03. The lowest BCUT2D eigenvalue weighted by atomic mass is 9.93. The van der Waals surface area contributed by atoms with Gasteiger partial charge in [-0.15, -0.1) is 0 Å². The molecular weight excluding hydrogens is 268 g/mol. The highest BCUT2D eigenvalue weighted by atomic mass is 16.6. The average molecular weight is 298 g/mol. The van der Waals surface area contributed by atoms with E-state index >= 15 is 0 Å². The highest BCUT2D eigenvalue weighted by molar-refractivity contribution is 5.73. The molecule has 5 nitrogen and oxygen atoms in total. The smallest absolute Gasteiger partial charge is 0.310 e. The van der Waals surface area contributed by atoms with Crippen molar-refractivity contribution in [1.29, 1.82) is 0 Å². The number of nitrogens with zero attached hydrogens (tertiary/aromatic N) is 1. The zero-order valence-corrected chi connectivity index (χ0v) is 14.0. The van der Waals surface area contributed by atoms with Gasteiger partial charge in [-0.2, -0.15) is 0 Å². The van der Waals surface area contributed by atoms with Crippen LogP contribution in [-0.2, 0) is 14.3 Å². The molecule has 1 N–H and O–H groups in total. The van der Waals surface area contributed by atoms with Crippen molar-refractivity contribution in [3.63, 3.8) is 0 Å². The Kier molecular flexibility index (Phi) is 5.28. The van der Waals surface area contributed by atoms with E-state index in [1.54, 1.807) is 0 Å². The highest BCUT2D eigenvalue weighted by Gasteiger charge is 2.35. The zero-order valence-electron chi connectivity index (χ0n) is 14.0. The van der Waals surface area contributed by atoms with Gasteiger partial charge < -0.3 is 14.8 Å². The van der Waals surface area contributed by atoms with Gasteiger partial charge in [0.1, 0.15) is 5.60 Å². The maximum Gasteiger partial charge on any atom is 0.310 e. The van der Waals surface area contributed by atoms with E-state index in [9.17, 15) is 4.79 Å². The predicted molar refractivity (Wildman–Crippen MR) is 82.2 cm³/mol. The largest absolute Gasteiger partial charge is 0.460 e. The Morgan fingerprint density at radius 2 is 1.81 bits per heavy atom. The molecule has 4 unspecified atom stereocenters. The molecule has 4 atom stereocenters. The number of rotatable bonds is 2. The SMILES string of the molecule is CC1CN(C2CNCC(C(=O)OC(C)(C)C)C2)CC(C)O1. The van der Waals surface area contributed by atoms with Gasteiger partial charge in [-0.1, -0.05) is 0 Å². The van der Waals surface area contributed by atoms with Crippen LogP contribution in [0.1, 0.15) is 41.0 Å². The molecule has 21 heavy (non-hydrogen) atoms. The average Bonchev–Trinajstić information content (AvgIpc) is 2.36. The van der Waals surface area contributed by atoms with Crippen LogP contribution in [0.15, 0.2) is 0 Å². The minimum absolute atomic E-state index is 0.0450. The van der Waals surface area contributed by atoms with Crippen LogP contribution in [0, 0.1) is 5.92 Å². The second-order valence-electron chi connectivity index (χ2n) is 7.49. The normalized spacial score (nSPS) is 35.5. The molecule has 2 aliphatic heterocycles. The first-order valence-electron chi connectivity index (χ1n) is 8.07. The van der Waals surface area contributed by atoms with E-state index < -0.39 is 5.60 Å². The van der Waals surface area contributed by atoms with E-state index in [2.05, 4.69) is 24.1 Å². The topological polar surface area (TPSA) is 50.8 Å². The van der Waals surface area contributed by atoms with Crippen molar-refractivity contribution in [2.24, 2.45) is 5.92 Å². The molecule has 0 radical (unpaired) electrons. The van der Waals surface area contributed by atoms with E-state index in [-0.39, 0.29) is 24.1 Å². The first-order chi connectivity index (χ1) is 9.74. The van der Waals surface area contributed by atoms with E-state index in [1.165, 1.54) is 0 Å². The number of carbonyl (C=O) groups is 1. The number of carbonyl (C=O) groups excluding carboxylic acids is 1. The number of nitrogens with one attached hydrogen (secondary N) is 1. The minimum atomic E-state index is -0.411. The van der Waals surface area contributed by atoms with Crippen LogP contribution in [0.4, 0.5) is 0 Å². The first-order valence-corrected chi connectivity index (χ1v) is 8.07. The van der Waals surface area contributed by atoms with Crippen LogP contribution in [0.25, 0.3) is 0 Å². The monoisotopic (exact) mass is 298 g/mol. The van der Waals surface area contributed by atoms with Gasteiger partial charge in [-0.25, -0.2) is 0 Å². The molecule has 2 aliphatic rings. The lowest BCUT2D eigenvalue weighted by Crippen LogP contribution is -2.56. The molecule has 0 aromatic carbocycles. The standard InChI is InChI=1S/C16H30N2O3/c1-11-9-18(10-12(2)20-11)14-6-13(7-17-8-14)15(19)21-16(3,4)5/h11-14,17H,6-10H2,1-5H3. The second-order valence-corrected chi connectivity index (χ2v) is 7.49. The maximum absolute atomic E-state index is 12.3. The second kappa shape index (κ2) is 6.63. The summed E-state index contributed by atoms with van der Waals surface area (Å²) in [5.74, 6) is -0.120. The number of morpholine rings is 1. The minimum Gasteiger partial charge on any atom is -0.460 e. The van der Waals surface area contributed by atoms with Crippen molar-refractivity contribution in [3.05, 3.63) is 0 Å². The molecular formula is C16H30N2O3. The highest BCUT2D eigenvalue weighted by Crippen LogP contribution is 2.23. The Morgan fingerprint density at radius 3 is 2.38 bits per heavy atom. The van der Waals surface area contributed by atoms with E-state index in [1.807, 2.05) is 20.8 Å². The van der Waals surface area contributed by atoms with Crippen LogP contribution in [0.2, 0.25) is 0 Å². The van der Waals surface area contributed by atoms with Gasteiger partial charge in [0.2, 0.25) is 0 Å². The van der Waals surface area contributed by atoms with Gasteiger partial charge in [0.25, 0.3) is 0 Å². The van der Waals surface area contributed by atoms with Crippen LogP contribution < -0.4 is 5.32 Å². The third-order valence-electron chi connectivity index (χ3n) is 4.03. The number of esters is 1. The van der Waals surface area contributed by atoms with Crippen LogP contribution in [0.5, 0.6) is 0 Å².